The van der Waals surface area contributed by atoms with E-state index >= 15 is 0 Å². The lowest BCUT2D eigenvalue weighted by molar-refractivity contribution is 0.419. The molecule has 5 nitrogen and oxygen atoms in total. The predicted molar refractivity (Wildman–Crippen MR) is 52.8 cm³/mol. The summed E-state index contributed by atoms with van der Waals surface area (Å²) in [5, 5.41) is 5.68. The number of hydrogen-bond donors (Lipinski definition) is 1. The number of hydrogen-bond acceptors (Lipinski definition) is 6. The number of nitrogens with two attached hydrogens (primary N) is 1. The maximum Gasteiger partial charge on any atom is 0.277 e. The summed E-state index contributed by atoms with van der Waals surface area (Å²) in [6, 6.07) is 0.0379. The molecule has 74 valence electrons. The van der Waals surface area contributed by atoms with Crippen molar-refractivity contribution in [3.63, 3.8) is 0 Å². The third-order valence-corrected chi connectivity index (χ3v) is 2.21. The quantitative estimate of drug-likeness (QED) is 0.820. The normalized spacial score (nSPS) is 13.0. The highest BCUT2D eigenvalue weighted by Crippen LogP contribution is 2.16. The van der Waals surface area contributed by atoms with E-state index in [2.05, 4.69) is 15.1 Å². The molecule has 2 N–H and O–H groups in total. The fraction of sp³-hybridized carbons (Fsp3) is 0.375. The SMILES string of the molecule is CC(N)Cc1noc(-c2cscn2)n1. The van der Waals surface area contributed by atoms with Gasteiger partial charge in [-0.15, -0.1) is 11.3 Å². The summed E-state index contributed by atoms with van der Waals surface area (Å²) in [5.74, 6) is 1.09. The first-order valence-electron chi connectivity index (χ1n) is 4.22. The molecule has 0 aliphatic heterocycles. The van der Waals surface area contributed by atoms with Crippen molar-refractivity contribution in [1.29, 1.82) is 0 Å². The van der Waals surface area contributed by atoms with Gasteiger partial charge in [0.2, 0.25) is 0 Å². The fourth-order valence-corrected chi connectivity index (χ4v) is 1.57. The summed E-state index contributed by atoms with van der Waals surface area (Å²) in [7, 11) is 0. The first-order valence-corrected chi connectivity index (χ1v) is 5.16. The minimum Gasteiger partial charge on any atom is -0.332 e. The van der Waals surface area contributed by atoms with Crippen molar-refractivity contribution >= 4 is 11.3 Å². The van der Waals surface area contributed by atoms with E-state index in [0.29, 0.717) is 18.1 Å². The van der Waals surface area contributed by atoms with E-state index in [1.807, 2.05) is 12.3 Å². The van der Waals surface area contributed by atoms with E-state index in [0.717, 1.165) is 5.69 Å². The average molecular weight is 210 g/mol. The molecule has 0 aliphatic carbocycles. The van der Waals surface area contributed by atoms with E-state index in [1.54, 1.807) is 5.51 Å². The molecule has 1 unspecified atom stereocenters. The second-order valence-electron chi connectivity index (χ2n) is 3.07. The van der Waals surface area contributed by atoms with Crippen molar-refractivity contribution in [3.8, 4) is 11.6 Å². The Morgan fingerprint density at radius 2 is 2.50 bits per heavy atom. The summed E-state index contributed by atoms with van der Waals surface area (Å²) < 4.78 is 5.04. The van der Waals surface area contributed by atoms with Crippen LogP contribution >= 0.6 is 11.3 Å². The van der Waals surface area contributed by atoms with Crippen LogP contribution in [0.1, 0.15) is 12.7 Å². The van der Waals surface area contributed by atoms with Crippen molar-refractivity contribution in [2.24, 2.45) is 5.73 Å². The third-order valence-electron chi connectivity index (χ3n) is 1.62. The molecule has 14 heavy (non-hydrogen) atoms. The molecular weight excluding hydrogens is 200 g/mol. The van der Waals surface area contributed by atoms with Crippen molar-refractivity contribution in [1.82, 2.24) is 15.1 Å². The molecule has 0 aliphatic rings. The average Bonchev–Trinajstić information content (AvgIpc) is 2.69. The van der Waals surface area contributed by atoms with Crippen LogP contribution in [0.5, 0.6) is 0 Å². The molecule has 2 heterocycles. The largest absolute Gasteiger partial charge is 0.332 e. The van der Waals surface area contributed by atoms with E-state index in [-0.39, 0.29) is 6.04 Å². The molecule has 0 spiro atoms. The van der Waals surface area contributed by atoms with Gasteiger partial charge < -0.3 is 10.3 Å². The van der Waals surface area contributed by atoms with Gasteiger partial charge in [-0.05, 0) is 6.92 Å². The highest BCUT2D eigenvalue weighted by molar-refractivity contribution is 7.07. The van der Waals surface area contributed by atoms with Gasteiger partial charge in [-0.25, -0.2) is 4.98 Å². The summed E-state index contributed by atoms with van der Waals surface area (Å²) in [6.45, 7) is 1.90. The van der Waals surface area contributed by atoms with Crippen molar-refractivity contribution in [2.45, 2.75) is 19.4 Å². The zero-order valence-electron chi connectivity index (χ0n) is 7.67. The highest BCUT2D eigenvalue weighted by atomic mass is 32.1. The molecule has 0 radical (unpaired) electrons. The molecule has 0 saturated heterocycles. The van der Waals surface area contributed by atoms with E-state index in [9.17, 15) is 0 Å². The highest BCUT2D eigenvalue weighted by Gasteiger charge is 2.10. The number of nitrogens with zero attached hydrogens (tertiary/aromatic N) is 3. The predicted octanol–water partition coefficient (Wildman–Crippen LogP) is 1.08. The van der Waals surface area contributed by atoms with Gasteiger partial charge in [0.25, 0.3) is 5.89 Å². The maximum atomic E-state index is 5.62. The molecule has 2 rings (SSSR count). The van der Waals surface area contributed by atoms with Crippen molar-refractivity contribution in [2.75, 3.05) is 0 Å². The van der Waals surface area contributed by atoms with Gasteiger partial charge in [0.15, 0.2) is 5.82 Å². The maximum absolute atomic E-state index is 5.62. The number of aromatic nitrogens is 3. The molecule has 0 amide bonds. The second kappa shape index (κ2) is 3.85. The van der Waals surface area contributed by atoms with Crippen LogP contribution in [0.3, 0.4) is 0 Å². The smallest absolute Gasteiger partial charge is 0.277 e. The minimum absolute atomic E-state index is 0.0379. The van der Waals surface area contributed by atoms with Crippen LogP contribution in [0, 0.1) is 0 Å². The Hall–Kier alpha value is -1.27. The van der Waals surface area contributed by atoms with Crippen LogP contribution < -0.4 is 5.73 Å². The Morgan fingerprint density at radius 1 is 1.64 bits per heavy atom. The molecular formula is C8H10N4OS. The Kier molecular flexibility index (Phi) is 2.55. The topological polar surface area (TPSA) is 77.8 Å². The van der Waals surface area contributed by atoms with Crippen LogP contribution in [-0.2, 0) is 6.42 Å². The molecule has 6 heteroatoms. The Bertz CT molecular complexity index is 395. The molecule has 0 aromatic carbocycles. The van der Waals surface area contributed by atoms with Gasteiger partial charge >= 0.3 is 0 Å². The summed E-state index contributed by atoms with van der Waals surface area (Å²) in [4.78, 5) is 8.25. The van der Waals surface area contributed by atoms with Crippen LogP contribution in [0.4, 0.5) is 0 Å². The molecule has 0 bridgehead atoms. The monoisotopic (exact) mass is 210 g/mol. The van der Waals surface area contributed by atoms with Crippen LogP contribution in [0.25, 0.3) is 11.6 Å². The molecule has 2 aromatic rings. The number of rotatable bonds is 3. The van der Waals surface area contributed by atoms with Gasteiger partial charge in [-0.3, -0.25) is 0 Å². The van der Waals surface area contributed by atoms with E-state index in [4.69, 9.17) is 10.3 Å². The van der Waals surface area contributed by atoms with Crippen LogP contribution in [0.15, 0.2) is 15.4 Å². The van der Waals surface area contributed by atoms with Crippen molar-refractivity contribution in [3.05, 3.63) is 16.7 Å². The fourth-order valence-electron chi connectivity index (χ4n) is 1.05. The summed E-state index contributed by atoms with van der Waals surface area (Å²) in [6.07, 6.45) is 0.619. The first kappa shape index (κ1) is 9.29. The van der Waals surface area contributed by atoms with Gasteiger partial charge in [-0.2, -0.15) is 4.98 Å². The first-order chi connectivity index (χ1) is 6.75. The zero-order valence-corrected chi connectivity index (χ0v) is 8.49. The van der Waals surface area contributed by atoms with Gasteiger partial charge in [0.05, 0.1) is 5.51 Å². The van der Waals surface area contributed by atoms with Crippen molar-refractivity contribution < 1.29 is 4.52 Å². The van der Waals surface area contributed by atoms with E-state index in [1.165, 1.54) is 11.3 Å². The standard InChI is InChI=1S/C8H10N4OS/c1-5(9)2-7-11-8(13-12-7)6-3-14-4-10-6/h3-5H,2,9H2,1H3. The lowest BCUT2D eigenvalue weighted by atomic mass is 10.2. The minimum atomic E-state index is 0.0379. The summed E-state index contributed by atoms with van der Waals surface area (Å²) in [5.41, 5.74) is 8.06. The second-order valence-corrected chi connectivity index (χ2v) is 3.79. The molecule has 1 atom stereocenters. The Morgan fingerprint density at radius 3 is 3.14 bits per heavy atom. The lowest BCUT2D eigenvalue weighted by Crippen LogP contribution is -2.18. The van der Waals surface area contributed by atoms with Crippen LogP contribution in [0.2, 0.25) is 0 Å². The van der Waals surface area contributed by atoms with E-state index < -0.39 is 0 Å². The number of thiazole rings is 1. The Balaban J connectivity index is 2.18. The molecule has 2 aromatic heterocycles. The van der Waals surface area contributed by atoms with Crippen LogP contribution in [-0.4, -0.2) is 21.2 Å². The van der Waals surface area contributed by atoms with Gasteiger partial charge in [0, 0.05) is 17.8 Å². The Labute approximate surface area is 85.0 Å². The molecule has 0 saturated carbocycles. The third kappa shape index (κ3) is 1.97. The summed E-state index contributed by atoms with van der Waals surface area (Å²) >= 11 is 1.49. The van der Waals surface area contributed by atoms with Gasteiger partial charge in [-0.1, -0.05) is 5.16 Å². The van der Waals surface area contributed by atoms with Gasteiger partial charge in [0.1, 0.15) is 5.69 Å². The molecule has 0 fully saturated rings. The lowest BCUT2D eigenvalue weighted by Gasteiger charge is -1.96. The zero-order chi connectivity index (χ0) is 9.97.